The summed E-state index contributed by atoms with van der Waals surface area (Å²) in [6, 6.07) is 9.79. The van der Waals surface area contributed by atoms with Crippen LogP contribution in [-0.4, -0.2) is 28.6 Å². The molecule has 3 aromatic rings. The molecular formula is C20H11F3N6O. The summed E-state index contributed by atoms with van der Waals surface area (Å²) in [6.07, 6.45) is -0.952. The van der Waals surface area contributed by atoms with Crippen molar-refractivity contribution < 1.29 is 18.0 Å². The van der Waals surface area contributed by atoms with Gasteiger partial charge in [-0.05, 0) is 6.07 Å². The van der Waals surface area contributed by atoms with Crippen LogP contribution in [0, 0.1) is 22.7 Å². The summed E-state index contributed by atoms with van der Waals surface area (Å²) in [7, 11) is 0. The van der Waals surface area contributed by atoms with Crippen molar-refractivity contribution >= 4 is 28.2 Å². The molecule has 1 atom stereocenters. The number of rotatable bonds is 2. The quantitative estimate of drug-likeness (QED) is 0.642. The van der Waals surface area contributed by atoms with E-state index in [-0.39, 0.29) is 17.8 Å². The molecule has 148 valence electrons. The van der Waals surface area contributed by atoms with Gasteiger partial charge < -0.3 is 0 Å². The van der Waals surface area contributed by atoms with Crippen molar-refractivity contribution in [2.24, 2.45) is 0 Å². The maximum Gasteiger partial charge on any atom is 0.433 e. The Labute approximate surface area is 168 Å². The third-order valence-electron chi connectivity index (χ3n) is 4.74. The molecule has 0 aliphatic carbocycles. The van der Waals surface area contributed by atoms with Gasteiger partial charge in [0.25, 0.3) is 0 Å². The Kier molecular flexibility index (Phi) is 4.47. The molecule has 10 heteroatoms. The average molecular weight is 408 g/mol. The highest BCUT2D eigenvalue weighted by molar-refractivity contribution is 6.12. The van der Waals surface area contributed by atoms with E-state index in [0.717, 1.165) is 16.5 Å². The normalized spacial score (nSPS) is 16.6. The van der Waals surface area contributed by atoms with E-state index in [0.29, 0.717) is 17.1 Å². The molecule has 0 N–H and O–H groups in total. The molecule has 2 amide bonds. The Morgan fingerprint density at radius 1 is 1.10 bits per heavy atom. The van der Waals surface area contributed by atoms with E-state index in [9.17, 15) is 28.5 Å². The second-order valence-corrected chi connectivity index (χ2v) is 6.48. The molecular weight excluding hydrogens is 397 g/mol. The Balaban J connectivity index is 1.84. The van der Waals surface area contributed by atoms with Crippen molar-refractivity contribution in [3.05, 3.63) is 60.2 Å². The zero-order valence-electron chi connectivity index (χ0n) is 15.1. The van der Waals surface area contributed by atoms with Crippen LogP contribution in [0.5, 0.6) is 0 Å². The fourth-order valence-electron chi connectivity index (χ4n) is 3.37. The zero-order valence-corrected chi connectivity index (χ0v) is 15.1. The lowest BCUT2D eigenvalue weighted by Gasteiger charge is -2.21. The van der Waals surface area contributed by atoms with Crippen LogP contribution in [-0.2, 0) is 6.18 Å². The summed E-state index contributed by atoms with van der Waals surface area (Å²) in [5, 5.41) is 20.3. The largest absolute Gasteiger partial charge is 0.433 e. The number of amides is 2. The second kappa shape index (κ2) is 7.01. The standard InChI is InChI=1S/C20H11F3N6O/c21-20(22,23)18-5-16(13(6-24)9-27-18)28-11-14(7-25)29(19(28)30)17-10-26-8-12-3-1-2-4-15(12)17/h1-5,8-10,14H,11H2. The minimum absolute atomic E-state index is 0.203. The predicted octanol–water partition coefficient (Wildman–Crippen LogP) is 3.86. The van der Waals surface area contributed by atoms with Crippen LogP contribution in [0.15, 0.2) is 48.9 Å². The van der Waals surface area contributed by atoms with Gasteiger partial charge in [0.1, 0.15) is 17.8 Å². The van der Waals surface area contributed by atoms with E-state index in [4.69, 9.17) is 0 Å². The smallest absolute Gasteiger partial charge is 0.289 e. The topological polar surface area (TPSA) is 96.9 Å². The molecule has 0 saturated carbocycles. The summed E-state index contributed by atoms with van der Waals surface area (Å²) in [4.78, 5) is 22.8. The van der Waals surface area contributed by atoms with Gasteiger partial charge in [-0.25, -0.2) is 4.79 Å². The first kappa shape index (κ1) is 19.2. The minimum Gasteiger partial charge on any atom is -0.289 e. The SMILES string of the molecule is N#Cc1cnc(C(F)(F)F)cc1N1CC(C#N)N(c2cncc3ccccc23)C1=O. The molecule has 0 radical (unpaired) electrons. The zero-order chi connectivity index (χ0) is 21.5. The second-order valence-electron chi connectivity index (χ2n) is 6.48. The van der Waals surface area contributed by atoms with Crippen molar-refractivity contribution in [1.29, 1.82) is 10.5 Å². The van der Waals surface area contributed by atoms with E-state index in [1.165, 1.54) is 11.1 Å². The Morgan fingerprint density at radius 2 is 1.87 bits per heavy atom. The lowest BCUT2D eigenvalue weighted by molar-refractivity contribution is -0.141. The molecule has 0 spiro atoms. The number of benzene rings is 1. The molecule has 1 unspecified atom stereocenters. The van der Waals surface area contributed by atoms with Crippen molar-refractivity contribution in [2.45, 2.75) is 12.2 Å². The third kappa shape index (κ3) is 3.05. The predicted molar refractivity (Wildman–Crippen MR) is 100 cm³/mol. The molecule has 1 aliphatic rings. The molecule has 1 fully saturated rings. The summed E-state index contributed by atoms with van der Waals surface area (Å²) >= 11 is 0. The first-order valence-corrected chi connectivity index (χ1v) is 8.65. The Bertz CT molecular complexity index is 1240. The Morgan fingerprint density at radius 3 is 2.57 bits per heavy atom. The number of nitrogens with zero attached hydrogens (tertiary/aromatic N) is 6. The van der Waals surface area contributed by atoms with Gasteiger partial charge in [0.15, 0.2) is 0 Å². The van der Waals surface area contributed by atoms with Crippen LogP contribution in [0.3, 0.4) is 0 Å². The van der Waals surface area contributed by atoms with E-state index < -0.39 is 23.9 Å². The van der Waals surface area contributed by atoms with Crippen LogP contribution >= 0.6 is 0 Å². The number of alkyl halides is 3. The number of carbonyl (C=O) groups excluding carboxylic acids is 1. The summed E-state index contributed by atoms with van der Waals surface area (Å²) in [5.74, 6) is 0. The fraction of sp³-hybridized carbons (Fsp3) is 0.150. The van der Waals surface area contributed by atoms with E-state index in [2.05, 4.69) is 9.97 Å². The van der Waals surface area contributed by atoms with Gasteiger partial charge in [-0.3, -0.25) is 19.8 Å². The lowest BCUT2D eigenvalue weighted by atomic mass is 10.1. The number of hydrogen-bond donors (Lipinski definition) is 0. The maximum absolute atomic E-state index is 13.2. The molecule has 30 heavy (non-hydrogen) atoms. The van der Waals surface area contributed by atoms with E-state index >= 15 is 0 Å². The summed E-state index contributed by atoms with van der Waals surface area (Å²) in [5.41, 5.74) is -1.33. The van der Waals surface area contributed by atoms with Crippen LogP contribution in [0.25, 0.3) is 10.8 Å². The van der Waals surface area contributed by atoms with Crippen molar-refractivity contribution in [2.75, 3.05) is 16.3 Å². The molecule has 0 bridgehead atoms. The maximum atomic E-state index is 13.2. The third-order valence-corrected chi connectivity index (χ3v) is 4.74. The van der Waals surface area contributed by atoms with Crippen molar-refractivity contribution in [3.63, 3.8) is 0 Å². The number of pyridine rings is 2. The lowest BCUT2D eigenvalue weighted by Crippen LogP contribution is -2.35. The van der Waals surface area contributed by atoms with Gasteiger partial charge in [0, 0.05) is 23.2 Å². The monoisotopic (exact) mass is 408 g/mol. The van der Waals surface area contributed by atoms with Crippen LogP contribution in [0.4, 0.5) is 29.3 Å². The van der Waals surface area contributed by atoms with Gasteiger partial charge in [-0.2, -0.15) is 23.7 Å². The number of hydrogen-bond acceptors (Lipinski definition) is 5. The van der Waals surface area contributed by atoms with Crippen LogP contribution in [0.2, 0.25) is 0 Å². The number of carbonyl (C=O) groups is 1. The number of nitriles is 2. The molecule has 1 aliphatic heterocycles. The molecule has 3 heterocycles. The van der Waals surface area contributed by atoms with Gasteiger partial charge in [0.05, 0.1) is 35.7 Å². The summed E-state index contributed by atoms with van der Waals surface area (Å²) < 4.78 is 39.4. The number of halogens is 3. The van der Waals surface area contributed by atoms with Gasteiger partial charge in [-0.15, -0.1) is 0 Å². The number of aromatic nitrogens is 2. The number of anilines is 2. The average Bonchev–Trinajstić information content (AvgIpc) is 3.08. The van der Waals surface area contributed by atoms with Crippen LogP contribution < -0.4 is 9.80 Å². The van der Waals surface area contributed by atoms with Gasteiger partial charge >= 0.3 is 12.2 Å². The summed E-state index contributed by atoms with van der Waals surface area (Å²) in [6.45, 7) is -0.214. The number of fused-ring (bicyclic) bond motifs is 1. The molecule has 4 rings (SSSR count). The molecule has 1 saturated heterocycles. The van der Waals surface area contributed by atoms with E-state index in [1.54, 1.807) is 36.5 Å². The minimum atomic E-state index is -4.75. The first-order valence-electron chi connectivity index (χ1n) is 8.65. The van der Waals surface area contributed by atoms with Gasteiger partial charge in [-0.1, -0.05) is 24.3 Å². The number of urea groups is 1. The molecule has 7 nitrogen and oxygen atoms in total. The molecule has 1 aromatic carbocycles. The highest BCUT2D eigenvalue weighted by atomic mass is 19.4. The highest BCUT2D eigenvalue weighted by Crippen LogP contribution is 2.36. The first-order chi connectivity index (χ1) is 14.3. The van der Waals surface area contributed by atoms with Crippen molar-refractivity contribution in [1.82, 2.24) is 9.97 Å². The molecule has 2 aromatic heterocycles. The Hall–Kier alpha value is -4.18. The van der Waals surface area contributed by atoms with Crippen LogP contribution in [0.1, 0.15) is 11.3 Å². The highest BCUT2D eigenvalue weighted by Gasteiger charge is 2.42. The fourth-order valence-corrected chi connectivity index (χ4v) is 3.37. The van der Waals surface area contributed by atoms with Gasteiger partial charge in [0.2, 0.25) is 0 Å². The van der Waals surface area contributed by atoms with E-state index in [1.807, 2.05) is 6.07 Å². The van der Waals surface area contributed by atoms with Crippen molar-refractivity contribution in [3.8, 4) is 12.1 Å².